The van der Waals surface area contributed by atoms with Crippen molar-refractivity contribution in [1.82, 2.24) is 29.9 Å². The van der Waals surface area contributed by atoms with Crippen molar-refractivity contribution in [3.8, 4) is 5.75 Å². The van der Waals surface area contributed by atoms with Gasteiger partial charge in [-0.3, -0.25) is 4.79 Å². The molecule has 1 atom stereocenters. The summed E-state index contributed by atoms with van der Waals surface area (Å²) in [4.78, 5) is 23.4. The molecule has 1 aliphatic heterocycles. The molecule has 1 N–H and O–H groups in total. The molecule has 42 heavy (non-hydrogen) atoms. The summed E-state index contributed by atoms with van der Waals surface area (Å²) in [6, 6.07) is 6.02. The predicted molar refractivity (Wildman–Crippen MR) is 144 cm³/mol. The second-order valence-electron chi connectivity index (χ2n) is 10.00. The molecule has 4 aromatic rings. The number of rotatable bonds is 11. The highest BCUT2D eigenvalue weighted by Gasteiger charge is 2.38. The molecule has 3 aromatic heterocycles. The van der Waals surface area contributed by atoms with Crippen LogP contribution in [0.4, 0.5) is 24.8 Å². The third-order valence-corrected chi connectivity index (χ3v) is 6.58. The summed E-state index contributed by atoms with van der Waals surface area (Å²) in [5.74, 6) is 1.99. The van der Waals surface area contributed by atoms with E-state index in [4.69, 9.17) is 13.9 Å². The van der Waals surface area contributed by atoms with Gasteiger partial charge < -0.3 is 24.1 Å². The number of anilines is 2. The van der Waals surface area contributed by atoms with Crippen LogP contribution in [0.5, 0.6) is 5.75 Å². The average Bonchev–Trinajstić information content (AvgIpc) is 3.38. The topological polar surface area (TPSA) is 133 Å². The maximum Gasteiger partial charge on any atom is 0.423 e. The molecule has 1 aromatic carbocycles. The molecule has 0 spiro atoms. The monoisotopic (exact) mass is 586 g/mol. The van der Waals surface area contributed by atoms with Gasteiger partial charge in [-0.25, -0.2) is 14.6 Å². The molecule has 5 rings (SSSR count). The maximum absolute atomic E-state index is 13.9. The third-order valence-electron chi connectivity index (χ3n) is 6.58. The van der Waals surface area contributed by atoms with E-state index in [0.717, 1.165) is 16.4 Å². The zero-order valence-electron chi connectivity index (χ0n) is 23.1. The third kappa shape index (κ3) is 6.67. The van der Waals surface area contributed by atoms with E-state index in [9.17, 15) is 18.0 Å². The molecule has 0 radical (unpaired) electrons. The average molecular weight is 587 g/mol. The second kappa shape index (κ2) is 12.1. The van der Waals surface area contributed by atoms with Crippen molar-refractivity contribution in [2.45, 2.75) is 45.1 Å². The Kier molecular flexibility index (Phi) is 8.38. The van der Waals surface area contributed by atoms with Gasteiger partial charge in [0.2, 0.25) is 17.7 Å². The molecule has 0 saturated carbocycles. The number of benzene rings is 1. The Balaban J connectivity index is 1.15. The number of aromatic nitrogens is 6. The van der Waals surface area contributed by atoms with E-state index in [0.29, 0.717) is 36.2 Å². The van der Waals surface area contributed by atoms with Crippen molar-refractivity contribution >= 4 is 11.6 Å². The van der Waals surface area contributed by atoms with E-state index in [1.54, 1.807) is 43.6 Å². The quantitative estimate of drug-likeness (QED) is 0.277. The van der Waals surface area contributed by atoms with Gasteiger partial charge in [-0.05, 0) is 37.1 Å². The van der Waals surface area contributed by atoms with Gasteiger partial charge in [0.05, 0.1) is 38.1 Å². The number of alkyl halides is 3. The lowest BCUT2D eigenvalue weighted by Crippen LogP contribution is -2.46. The molecule has 1 unspecified atom stereocenters. The highest BCUT2D eigenvalue weighted by Crippen LogP contribution is 2.32. The van der Waals surface area contributed by atoms with E-state index < -0.39 is 29.0 Å². The van der Waals surface area contributed by atoms with Crippen LogP contribution in [-0.4, -0.2) is 62.8 Å². The SMILES string of the molecule is COc1ccc(Cn2ncc(NC(C)COCc3nnc(C4CN(c5ncc(C)cn5)C4)o3)c(C(F)(F)F)c2=O)cc1. The minimum Gasteiger partial charge on any atom is -0.497 e. The summed E-state index contributed by atoms with van der Waals surface area (Å²) < 4.78 is 58.9. The van der Waals surface area contributed by atoms with Crippen LogP contribution in [0.25, 0.3) is 0 Å². The van der Waals surface area contributed by atoms with Gasteiger partial charge >= 0.3 is 6.18 Å². The number of hydrogen-bond donors (Lipinski definition) is 1. The molecular formula is C27H29F3N8O4. The zero-order valence-corrected chi connectivity index (χ0v) is 23.1. The molecule has 1 fully saturated rings. The van der Waals surface area contributed by atoms with Crippen LogP contribution in [-0.2, 0) is 24.1 Å². The lowest BCUT2D eigenvalue weighted by atomic mass is 10.0. The van der Waals surface area contributed by atoms with Gasteiger partial charge in [-0.15, -0.1) is 10.2 Å². The first kappa shape index (κ1) is 29.0. The van der Waals surface area contributed by atoms with Crippen LogP contribution in [0.3, 0.4) is 0 Å². The standard InChI is InChI=1S/C27H29F3N8O4/c1-16-8-31-26(32-9-16)37-12-19(13-37)24-36-35-22(42-24)15-41-14-17(2)34-21-10-33-38(25(39)23(21)27(28,29)30)11-18-4-6-20(40-3)7-5-18/h4-10,17,19,34H,11-15H2,1-3H3. The van der Waals surface area contributed by atoms with Crippen molar-refractivity contribution in [2.75, 3.05) is 37.0 Å². The Morgan fingerprint density at radius 1 is 1.12 bits per heavy atom. The minimum atomic E-state index is -4.90. The fourth-order valence-corrected chi connectivity index (χ4v) is 4.36. The Morgan fingerprint density at radius 3 is 2.50 bits per heavy atom. The summed E-state index contributed by atoms with van der Waals surface area (Å²) in [7, 11) is 1.50. The molecule has 0 aliphatic carbocycles. The Morgan fingerprint density at radius 2 is 1.83 bits per heavy atom. The van der Waals surface area contributed by atoms with E-state index in [1.807, 2.05) is 11.8 Å². The summed E-state index contributed by atoms with van der Waals surface area (Å²) in [5.41, 5.74) is -1.43. The van der Waals surface area contributed by atoms with Crippen molar-refractivity contribution in [3.05, 3.63) is 81.7 Å². The highest BCUT2D eigenvalue weighted by molar-refractivity contribution is 5.50. The number of nitrogens with zero attached hydrogens (tertiary/aromatic N) is 7. The normalized spacial score (nSPS) is 14.5. The summed E-state index contributed by atoms with van der Waals surface area (Å²) >= 11 is 0. The largest absolute Gasteiger partial charge is 0.497 e. The fraction of sp³-hybridized carbons (Fsp3) is 0.407. The number of methoxy groups -OCH3 is 1. The van der Waals surface area contributed by atoms with Gasteiger partial charge in [0, 0.05) is 31.5 Å². The lowest BCUT2D eigenvalue weighted by molar-refractivity contribution is -0.138. The molecule has 1 saturated heterocycles. The molecule has 1 aliphatic rings. The number of nitrogens with one attached hydrogen (secondary N) is 1. The molecule has 0 amide bonds. The molecule has 12 nitrogen and oxygen atoms in total. The predicted octanol–water partition coefficient (Wildman–Crippen LogP) is 3.42. The Bertz CT molecular complexity index is 1550. The van der Waals surface area contributed by atoms with Gasteiger partial charge in [-0.1, -0.05) is 12.1 Å². The summed E-state index contributed by atoms with van der Waals surface area (Å²) in [6.07, 6.45) is -0.386. The van der Waals surface area contributed by atoms with Gasteiger partial charge in [0.15, 0.2) is 0 Å². The van der Waals surface area contributed by atoms with Crippen LogP contribution < -0.4 is 20.5 Å². The van der Waals surface area contributed by atoms with E-state index in [1.165, 1.54) is 7.11 Å². The van der Waals surface area contributed by atoms with Crippen molar-refractivity contribution in [2.24, 2.45) is 0 Å². The van der Waals surface area contributed by atoms with E-state index in [-0.39, 0.29) is 31.6 Å². The number of aryl methyl sites for hydroxylation is 1. The number of halogens is 3. The van der Waals surface area contributed by atoms with E-state index in [2.05, 4.69) is 30.6 Å². The van der Waals surface area contributed by atoms with E-state index >= 15 is 0 Å². The maximum atomic E-state index is 13.9. The molecular weight excluding hydrogens is 557 g/mol. The van der Waals surface area contributed by atoms with Gasteiger partial charge in [-0.2, -0.15) is 18.3 Å². The fourth-order valence-electron chi connectivity index (χ4n) is 4.36. The second-order valence-corrected chi connectivity index (χ2v) is 10.00. The first-order chi connectivity index (χ1) is 20.1. The Hall–Kier alpha value is -4.53. The van der Waals surface area contributed by atoms with Crippen molar-refractivity contribution in [1.29, 1.82) is 0 Å². The van der Waals surface area contributed by atoms with Crippen molar-refractivity contribution < 1.29 is 27.1 Å². The summed E-state index contributed by atoms with van der Waals surface area (Å²) in [6.45, 7) is 4.68. The zero-order chi connectivity index (χ0) is 29.9. The molecule has 15 heteroatoms. The molecule has 4 heterocycles. The minimum absolute atomic E-state index is 0.00587. The van der Waals surface area contributed by atoms with Crippen molar-refractivity contribution in [3.63, 3.8) is 0 Å². The van der Waals surface area contributed by atoms with Crippen LogP contribution in [0.2, 0.25) is 0 Å². The Labute approximate surface area is 238 Å². The van der Waals surface area contributed by atoms with Crippen LogP contribution in [0, 0.1) is 6.92 Å². The molecule has 0 bridgehead atoms. The van der Waals surface area contributed by atoms with Crippen LogP contribution >= 0.6 is 0 Å². The van der Waals surface area contributed by atoms with Crippen LogP contribution in [0.1, 0.15) is 41.3 Å². The summed E-state index contributed by atoms with van der Waals surface area (Å²) in [5, 5.41) is 14.7. The van der Waals surface area contributed by atoms with Crippen LogP contribution in [0.15, 0.2) is 52.1 Å². The van der Waals surface area contributed by atoms with Gasteiger partial charge in [0.1, 0.15) is 17.9 Å². The smallest absolute Gasteiger partial charge is 0.423 e. The number of ether oxygens (including phenoxy) is 2. The van der Waals surface area contributed by atoms with Gasteiger partial charge in [0.25, 0.3) is 5.56 Å². The lowest BCUT2D eigenvalue weighted by Gasteiger charge is -2.37. The highest BCUT2D eigenvalue weighted by atomic mass is 19.4. The molecule has 222 valence electrons. The first-order valence-corrected chi connectivity index (χ1v) is 13.1. The first-order valence-electron chi connectivity index (χ1n) is 13.1. The number of hydrogen-bond acceptors (Lipinski definition) is 11.